The monoisotopic (exact) mass is 349 g/mol. The van der Waals surface area contributed by atoms with Crippen LogP contribution in [0.5, 0.6) is 0 Å². The van der Waals surface area contributed by atoms with Crippen LogP contribution in [0.15, 0.2) is 54.2 Å². The number of halogens is 3. The molecule has 2 heterocycles. The molecule has 3 rings (SSSR count). The van der Waals surface area contributed by atoms with Crippen molar-refractivity contribution < 1.29 is 18.0 Å². The first kappa shape index (κ1) is 16.1. The molecule has 1 amide bonds. The number of thiazole rings is 1. The van der Waals surface area contributed by atoms with Crippen molar-refractivity contribution in [2.45, 2.75) is 6.18 Å². The lowest BCUT2D eigenvalue weighted by Gasteiger charge is -2.12. The first-order chi connectivity index (χ1) is 11.4. The fourth-order valence-electron chi connectivity index (χ4n) is 2.03. The summed E-state index contributed by atoms with van der Waals surface area (Å²) < 4.78 is 38.9. The molecule has 0 aliphatic heterocycles. The molecule has 0 fully saturated rings. The second-order valence-corrected chi connectivity index (χ2v) is 5.63. The van der Waals surface area contributed by atoms with Crippen molar-refractivity contribution in [2.75, 3.05) is 5.32 Å². The van der Waals surface area contributed by atoms with Crippen LogP contribution in [0.3, 0.4) is 0 Å². The summed E-state index contributed by atoms with van der Waals surface area (Å²) in [5.74, 6) is -0.691. The van der Waals surface area contributed by atoms with Crippen LogP contribution < -0.4 is 5.32 Å². The lowest BCUT2D eigenvalue weighted by Crippen LogP contribution is -2.16. The van der Waals surface area contributed by atoms with Crippen molar-refractivity contribution in [3.8, 4) is 10.6 Å². The maximum atomic E-state index is 13.0. The Morgan fingerprint density at radius 3 is 2.50 bits per heavy atom. The van der Waals surface area contributed by atoms with Gasteiger partial charge in [0.2, 0.25) is 0 Å². The smallest absolute Gasteiger partial charge is 0.320 e. The van der Waals surface area contributed by atoms with E-state index >= 15 is 0 Å². The van der Waals surface area contributed by atoms with Gasteiger partial charge >= 0.3 is 6.18 Å². The van der Waals surface area contributed by atoms with Crippen molar-refractivity contribution in [3.63, 3.8) is 0 Å². The van der Waals surface area contributed by atoms with Gasteiger partial charge in [0.15, 0.2) is 0 Å². The zero-order chi connectivity index (χ0) is 17.2. The number of nitrogens with zero attached hydrogens (tertiary/aromatic N) is 2. The molecule has 0 aliphatic rings. The predicted molar refractivity (Wildman–Crippen MR) is 84.7 cm³/mol. The molecule has 0 saturated carbocycles. The number of benzene rings is 1. The van der Waals surface area contributed by atoms with Gasteiger partial charge in [-0.3, -0.25) is 9.78 Å². The summed E-state index contributed by atoms with van der Waals surface area (Å²) >= 11 is 1.23. The molecule has 4 nitrogen and oxygen atoms in total. The van der Waals surface area contributed by atoms with E-state index in [1.807, 2.05) is 0 Å². The Morgan fingerprint density at radius 1 is 1.08 bits per heavy atom. The van der Waals surface area contributed by atoms with Crippen LogP contribution in [0.1, 0.15) is 16.1 Å². The normalized spacial score (nSPS) is 11.3. The molecule has 2 aromatic heterocycles. The van der Waals surface area contributed by atoms with Crippen molar-refractivity contribution >= 4 is 22.9 Å². The fraction of sp³-hybridized carbons (Fsp3) is 0.0625. The van der Waals surface area contributed by atoms with Crippen LogP contribution in [-0.2, 0) is 6.18 Å². The number of rotatable bonds is 3. The number of hydrogen-bond acceptors (Lipinski definition) is 4. The Morgan fingerprint density at radius 2 is 1.79 bits per heavy atom. The second kappa shape index (κ2) is 6.40. The molecule has 8 heteroatoms. The summed E-state index contributed by atoms with van der Waals surface area (Å²) in [6.45, 7) is 0. The average Bonchev–Trinajstić information content (AvgIpc) is 3.05. The van der Waals surface area contributed by atoms with Gasteiger partial charge in [-0.15, -0.1) is 11.3 Å². The summed E-state index contributed by atoms with van der Waals surface area (Å²) in [5.41, 5.74) is -0.357. The molecule has 24 heavy (non-hydrogen) atoms. The molecule has 0 saturated heterocycles. The Kier molecular flexibility index (Phi) is 4.30. The molecule has 1 N–H and O–H groups in total. The minimum absolute atomic E-state index is 0.0591. The predicted octanol–water partition coefficient (Wildman–Crippen LogP) is 4.48. The number of amides is 1. The van der Waals surface area contributed by atoms with Crippen LogP contribution in [0, 0.1) is 0 Å². The van der Waals surface area contributed by atoms with E-state index in [0.717, 1.165) is 11.6 Å². The number of pyridine rings is 1. The van der Waals surface area contributed by atoms with E-state index in [0.29, 0.717) is 5.01 Å². The lowest BCUT2D eigenvalue weighted by atomic mass is 10.1. The van der Waals surface area contributed by atoms with Gasteiger partial charge < -0.3 is 5.32 Å². The Hall–Kier alpha value is -2.74. The molecule has 122 valence electrons. The number of nitrogens with one attached hydrogen (secondary N) is 1. The second-order valence-electron chi connectivity index (χ2n) is 4.77. The van der Waals surface area contributed by atoms with Crippen LogP contribution in [0.25, 0.3) is 10.6 Å². The van der Waals surface area contributed by atoms with Gasteiger partial charge in [0.1, 0.15) is 10.7 Å². The first-order valence-electron chi connectivity index (χ1n) is 6.78. The number of hydrogen-bond donors (Lipinski definition) is 1. The number of carbonyl (C=O) groups is 1. The highest BCUT2D eigenvalue weighted by Gasteiger charge is 2.33. The topological polar surface area (TPSA) is 54.9 Å². The molecule has 0 bridgehead atoms. The van der Waals surface area contributed by atoms with E-state index < -0.39 is 17.6 Å². The third kappa shape index (κ3) is 3.43. The minimum atomic E-state index is -4.55. The van der Waals surface area contributed by atoms with Gasteiger partial charge in [0.05, 0.1) is 11.3 Å². The van der Waals surface area contributed by atoms with Crippen LogP contribution in [-0.4, -0.2) is 15.9 Å². The van der Waals surface area contributed by atoms with E-state index in [2.05, 4.69) is 15.3 Å². The van der Waals surface area contributed by atoms with Crippen LogP contribution >= 0.6 is 11.3 Å². The van der Waals surface area contributed by atoms with Gasteiger partial charge in [0, 0.05) is 23.3 Å². The summed E-state index contributed by atoms with van der Waals surface area (Å²) in [4.78, 5) is 20.2. The van der Waals surface area contributed by atoms with Gasteiger partial charge in [-0.05, 0) is 24.3 Å². The standard InChI is InChI=1S/C16H10F3N3OS/c17-16(18,19)11-3-1-2-4-12(11)21-14(23)13-9-24-15(22-13)10-5-7-20-8-6-10/h1-9H,(H,21,23). The zero-order valence-electron chi connectivity index (χ0n) is 12.0. The summed E-state index contributed by atoms with van der Waals surface area (Å²) in [6.07, 6.45) is -1.36. The Bertz CT molecular complexity index is 862. The fourth-order valence-corrected chi connectivity index (χ4v) is 2.84. The summed E-state index contributed by atoms with van der Waals surface area (Å²) in [7, 11) is 0. The summed E-state index contributed by atoms with van der Waals surface area (Å²) in [5, 5.41) is 4.36. The third-order valence-electron chi connectivity index (χ3n) is 3.14. The molecule has 1 aromatic carbocycles. The number of aromatic nitrogens is 2. The largest absolute Gasteiger partial charge is 0.418 e. The van der Waals surface area contributed by atoms with E-state index in [1.165, 1.54) is 34.9 Å². The molecule has 0 aliphatic carbocycles. The van der Waals surface area contributed by atoms with E-state index in [1.54, 1.807) is 24.5 Å². The van der Waals surface area contributed by atoms with Gasteiger partial charge in [-0.1, -0.05) is 12.1 Å². The maximum Gasteiger partial charge on any atom is 0.418 e. The van der Waals surface area contributed by atoms with Crippen LogP contribution in [0.4, 0.5) is 18.9 Å². The summed E-state index contributed by atoms with van der Waals surface area (Å²) in [6, 6.07) is 8.28. The highest BCUT2D eigenvalue weighted by atomic mass is 32.1. The zero-order valence-corrected chi connectivity index (χ0v) is 12.9. The van der Waals surface area contributed by atoms with E-state index in [9.17, 15) is 18.0 Å². The quantitative estimate of drug-likeness (QED) is 0.759. The van der Waals surface area contributed by atoms with Gasteiger partial charge in [-0.2, -0.15) is 13.2 Å². The number of alkyl halides is 3. The maximum absolute atomic E-state index is 13.0. The number of para-hydroxylation sites is 1. The van der Waals surface area contributed by atoms with Gasteiger partial charge in [-0.25, -0.2) is 4.98 Å². The molecule has 0 atom stereocenters. The van der Waals surface area contributed by atoms with Crippen molar-refractivity contribution in [1.29, 1.82) is 0 Å². The van der Waals surface area contributed by atoms with E-state index in [-0.39, 0.29) is 11.4 Å². The van der Waals surface area contributed by atoms with Crippen LogP contribution in [0.2, 0.25) is 0 Å². The highest BCUT2D eigenvalue weighted by Crippen LogP contribution is 2.34. The van der Waals surface area contributed by atoms with Crippen molar-refractivity contribution in [3.05, 3.63) is 65.4 Å². The first-order valence-corrected chi connectivity index (χ1v) is 7.66. The Balaban J connectivity index is 1.83. The van der Waals surface area contributed by atoms with Crippen molar-refractivity contribution in [1.82, 2.24) is 9.97 Å². The number of carbonyl (C=O) groups excluding carboxylic acids is 1. The molecule has 0 spiro atoms. The lowest BCUT2D eigenvalue weighted by molar-refractivity contribution is -0.136. The molecular weight excluding hydrogens is 339 g/mol. The van der Waals surface area contributed by atoms with E-state index in [4.69, 9.17) is 0 Å². The van der Waals surface area contributed by atoms with Crippen molar-refractivity contribution in [2.24, 2.45) is 0 Å². The minimum Gasteiger partial charge on any atom is -0.320 e. The molecule has 0 unspecified atom stereocenters. The molecule has 0 radical (unpaired) electrons. The SMILES string of the molecule is O=C(Nc1ccccc1C(F)(F)F)c1csc(-c2ccncc2)n1. The highest BCUT2D eigenvalue weighted by molar-refractivity contribution is 7.13. The average molecular weight is 349 g/mol. The Labute approximate surface area is 139 Å². The number of anilines is 1. The molecule has 3 aromatic rings. The third-order valence-corrected chi connectivity index (χ3v) is 4.04. The molecular formula is C16H10F3N3OS. The van der Waals surface area contributed by atoms with Gasteiger partial charge in [0.25, 0.3) is 5.91 Å².